The van der Waals surface area contributed by atoms with Crippen LogP contribution in [0.1, 0.15) is 32.8 Å². The number of ether oxygens (including phenoxy) is 1. The van der Waals surface area contributed by atoms with E-state index in [9.17, 15) is 18.0 Å². The van der Waals surface area contributed by atoms with Gasteiger partial charge in [-0.2, -0.15) is 12.7 Å². The van der Waals surface area contributed by atoms with E-state index in [1.807, 2.05) is 32.9 Å². The molecule has 0 bridgehead atoms. The van der Waals surface area contributed by atoms with Gasteiger partial charge in [-0.15, -0.1) is 0 Å². The maximum absolute atomic E-state index is 13.7. The molecule has 0 spiro atoms. The molecule has 0 unspecified atom stereocenters. The molecule has 0 fully saturated rings. The topological polar surface area (TPSA) is 99.3 Å². The van der Waals surface area contributed by atoms with E-state index in [1.54, 1.807) is 49.6 Å². The van der Waals surface area contributed by atoms with Crippen molar-refractivity contribution in [2.24, 2.45) is 0 Å². The van der Waals surface area contributed by atoms with Gasteiger partial charge >= 0.3 is 10.2 Å². The summed E-state index contributed by atoms with van der Waals surface area (Å²) in [5.41, 5.74) is 1.15. The summed E-state index contributed by atoms with van der Waals surface area (Å²) >= 11 is 0. The lowest BCUT2D eigenvalue weighted by atomic mass is 10.1. The lowest BCUT2D eigenvalue weighted by Gasteiger charge is -2.34. The van der Waals surface area contributed by atoms with E-state index in [2.05, 4.69) is 5.32 Å². The Bertz CT molecular complexity index is 1070. The Kier molecular flexibility index (Phi) is 10.1. The molecule has 35 heavy (non-hydrogen) atoms. The van der Waals surface area contributed by atoms with Gasteiger partial charge in [0.2, 0.25) is 11.8 Å². The van der Waals surface area contributed by atoms with Gasteiger partial charge in [-0.25, -0.2) is 4.31 Å². The van der Waals surface area contributed by atoms with Crippen LogP contribution in [0.15, 0.2) is 54.6 Å². The van der Waals surface area contributed by atoms with Gasteiger partial charge in [0, 0.05) is 26.7 Å². The van der Waals surface area contributed by atoms with Crippen molar-refractivity contribution in [1.29, 1.82) is 0 Å². The highest BCUT2D eigenvalue weighted by molar-refractivity contribution is 7.90. The second-order valence-corrected chi connectivity index (χ2v) is 10.7. The maximum atomic E-state index is 13.7. The molecule has 2 aromatic carbocycles. The number of benzene rings is 2. The SMILES string of the molecule is CC[C@H](C(=O)NC(C)C)N(Cc1ccc(OC)cc1)C(=O)CN(c1ccccc1)S(=O)(=O)N(C)C. The zero-order valence-electron chi connectivity index (χ0n) is 21.3. The first-order valence-corrected chi connectivity index (χ1v) is 12.9. The number of amides is 2. The second-order valence-electron chi connectivity index (χ2n) is 8.59. The normalized spacial score (nSPS) is 12.3. The Morgan fingerprint density at radius 2 is 1.60 bits per heavy atom. The monoisotopic (exact) mass is 504 g/mol. The van der Waals surface area contributed by atoms with E-state index in [0.717, 1.165) is 14.2 Å². The highest BCUT2D eigenvalue weighted by Gasteiger charge is 2.33. The van der Waals surface area contributed by atoms with E-state index in [1.165, 1.54) is 19.0 Å². The number of nitrogens with zero attached hydrogens (tertiary/aromatic N) is 3. The number of rotatable bonds is 12. The van der Waals surface area contributed by atoms with Gasteiger partial charge < -0.3 is 15.0 Å². The highest BCUT2D eigenvalue weighted by atomic mass is 32.2. The number of para-hydroxylation sites is 1. The zero-order chi connectivity index (χ0) is 26.2. The molecule has 0 aliphatic rings. The minimum atomic E-state index is -3.97. The average molecular weight is 505 g/mol. The van der Waals surface area contributed by atoms with Gasteiger partial charge in [-0.1, -0.05) is 37.3 Å². The van der Waals surface area contributed by atoms with Crippen molar-refractivity contribution in [3.8, 4) is 5.75 Å². The number of hydrogen-bond acceptors (Lipinski definition) is 5. The zero-order valence-corrected chi connectivity index (χ0v) is 22.1. The molecule has 0 aliphatic heterocycles. The van der Waals surface area contributed by atoms with Gasteiger partial charge in [0.25, 0.3) is 0 Å². The van der Waals surface area contributed by atoms with E-state index < -0.39 is 28.7 Å². The third-order valence-electron chi connectivity index (χ3n) is 5.39. The van der Waals surface area contributed by atoms with Crippen LogP contribution in [0, 0.1) is 0 Å². The Balaban J connectivity index is 2.47. The molecule has 9 nitrogen and oxygen atoms in total. The van der Waals surface area contributed by atoms with E-state index in [-0.39, 0.29) is 18.5 Å². The fourth-order valence-corrected chi connectivity index (χ4v) is 4.59. The molecule has 2 amide bonds. The van der Waals surface area contributed by atoms with Crippen molar-refractivity contribution in [1.82, 2.24) is 14.5 Å². The first kappa shape index (κ1) is 28.1. The molecule has 192 valence electrons. The smallest absolute Gasteiger partial charge is 0.304 e. The van der Waals surface area contributed by atoms with E-state index in [0.29, 0.717) is 17.9 Å². The summed E-state index contributed by atoms with van der Waals surface area (Å²) in [5, 5.41) is 2.87. The number of carbonyl (C=O) groups is 2. The van der Waals surface area contributed by atoms with Crippen molar-refractivity contribution in [2.75, 3.05) is 32.1 Å². The van der Waals surface area contributed by atoms with Gasteiger partial charge in [0.05, 0.1) is 12.8 Å². The number of hydrogen-bond donors (Lipinski definition) is 1. The fourth-order valence-electron chi connectivity index (χ4n) is 3.54. The van der Waals surface area contributed by atoms with Crippen LogP contribution in [0.4, 0.5) is 5.69 Å². The fraction of sp³-hybridized carbons (Fsp3) is 0.440. The molecule has 2 aromatic rings. The first-order valence-electron chi connectivity index (χ1n) is 11.5. The van der Waals surface area contributed by atoms with Crippen LogP contribution in [-0.2, 0) is 26.3 Å². The van der Waals surface area contributed by atoms with Crippen LogP contribution < -0.4 is 14.4 Å². The van der Waals surface area contributed by atoms with E-state index >= 15 is 0 Å². The van der Waals surface area contributed by atoms with Crippen LogP contribution in [0.3, 0.4) is 0 Å². The number of nitrogens with one attached hydrogen (secondary N) is 1. The molecular weight excluding hydrogens is 468 g/mol. The number of methoxy groups -OCH3 is 1. The summed E-state index contributed by atoms with van der Waals surface area (Å²) in [6, 6.07) is 14.8. The first-order chi connectivity index (χ1) is 16.5. The molecule has 0 aliphatic carbocycles. The molecule has 0 radical (unpaired) electrons. The largest absolute Gasteiger partial charge is 0.497 e. The van der Waals surface area contributed by atoms with Crippen molar-refractivity contribution in [3.63, 3.8) is 0 Å². The predicted molar refractivity (Wildman–Crippen MR) is 137 cm³/mol. The summed E-state index contributed by atoms with van der Waals surface area (Å²) in [7, 11) is 0.420. The van der Waals surface area contributed by atoms with Crippen molar-refractivity contribution < 1.29 is 22.7 Å². The Morgan fingerprint density at radius 1 is 1.00 bits per heavy atom. The van der Waals surface area contributed by atoms with Crippen molar-refractivity contribution in [2.45, 2.75) is 45.8 Å². The minimum absolute atomic E-state index is 0.107. The Morgan fingerprint density at radius 3 is 2.09 bits per heavy atom. The van der Waals surface area contributed by atoms with Crippen molar-refractivity contribution >= 4 is 27.7 Å². The maximum Gasteiger partial charge on any atom is 0.304 e. The van der Waals surface area contributed by atoms with Gasteiger partial charge in [0.1, 0.15) is 18.3 Å². The molecule has 0 heterocycles. The summed E-state index contributed by atoms with van der Waals surface area (Å²) in [6.45, 7) is 5.20. The number of carbonyl (C=O) groups excluding carboxylic acids is 2. The minimum Gasteiger partial charge on any atom is -0.497 e. The van der Waals surface area contributed by atoms with Gasteiger partial charge in [0.15, 0.2) is 0 Å². The van der Waals surface area contributed by atoms with Crippen LogP contribution in [0.5, 0.6) is 5.75 Å². The van der Waals surface area contributed by atoms with Crippen LogP contribution in [0.2, 0.25) is 0 Å². The molecule has 1 N–H and O–H groups in total. The average Bonchev–Trinajstić information content (AvgIpc) is 2.82. The summed E-state index contributed by atoms with van der Waals surface area (Å²) in [5.74, 6) is -0.101. The summed E-state index contributed by atoms with van der Waals surface area (Å²) in [4.78, 5) is 28.2. The Hall–Kier alpha value is -3.11. The molecule has 10 heteroatoms. The van der Waals surface area contributed by atoms with Crippen LogP contribution >= 0.6 is 0 Å². The van der Waals surface area contributed by atoms with Crippen LogP contribution in [0.25, 0.3) is 0 Å². The van der Waals surface area contributed by atoms with Crippen molar-refractivity contribution in [3.05, 3.63) is 60.2 Å². The quantitative estimate of drug-likeness (QED) is 0.479. The summed E-state index contributed by atoms with van der Waals surface area (Å²) < 4.78 is 33.6. The standard InChI is InChI=1S/C25H36N4O5S/c1-7-23(25(31)26-19(2)3)28(17-20-13-15-22(34-6)16-14-20)24(30)18-29(35(32,33)27(4)5)21-11-9-8-10-12-21/h8-16,19,23H,7,17-18H2,1-6H3,(H,26,31)/t23-/m1/s1. The lowest BCUT2D eigenvalue weighted by molar-refractivity contribution is -0.140. The van der Waals surface area contributed by atoms with E-state index in [4.69, 9.17) is 4.74 Å². The predicted octanol–water partition coefficient (Wildman–Crippen LogP) is 2.64. The molecule has 0 aromatic heterocycles. The van der Waals surface area contributed by atoms with Crippen LogP contribution in [-0.4, -0.2) is 69.3 Å². The third kappa shape index (κ3) is 7.43. The molecule has 0 saturated carbocycles. The third-order valence-corrected chi connectivity index (χ3v) is 7.21. The Labute approximate surface area is 208 Å². The lowest BCUT2D eigenvalue weighted by Crippen LogP contribution is -2.54. The molecule has 2 rings (SSSR count). The molecule has 1 atom stereocenters. The second kappa shape index (κ2) is 12.6. The molecule has 0 saturated heterocycles. The molecular formula is C25H36N4O5S. The van der Waals surface area contributed by atoms with Gasteiger partial charge in [-0.3, -0.25) is 9.59 Å². The number of anilines is 1. The summed E-state index contributed by atoms with van der Waals surface area (Å²) in [6.07, 6.45) is 0.367. The highest BCUT2D eigenvalue weighted by Crippen LogP contribution is 2.21. The van der Waals surface area contributed by atoms with Gasteiger partial charge in [-0.05, 0) is 50.1 Å².